The molecule has 13 heavy (non-hydrogen) atoms. The molecule has 2 rings (SSSR count). The normalized spacial score (nSPS) is 10.5. The van der Waals surface area contributed by atoms with Crippen LogP contribution in [-0.4, -0.2) is 11.1 Å². The highest BCUT2D eigenvalue weighted by atomic mass is 32.1. The SMILES string of the molecule is Cc1cc2cc(C(=O)O)ccc2s1. The summed E-state index contributed by atoms with van der Waals surface area (Å²) in [5.41, 5.74) is 0.352. The van der Waals surface area contributed by atoms with E-state index in [0.29, 0.717) is 5.56 Å². The van der Waals surface area contributed by atoms with Gasteiger partial charge in [-0.25, -0.2) is 4.79 Å². The van der Waals surface area contributed by atoms with E-state index in [1.165, 1.54) is 4.88 Å². The lowest BCUT2D eigenvalue weighted by Gasteiger charge is -1.92. The van der Waals surface area contributed by atoms with Crippen LogP contribution in [0.1, 0.15) is 15.2 Å². The van der Waals surface area contributed by atoms with E-state index >= 15 is 0 Å². The number of carbonyl (C=O) groups is 1. The van der Waals surface area contributed by atoms with Gasteiger partial charge in [0.1, 0.15) is 0 Å². The Morgan fingerprint density at radius 2 is 2.15 bits per heavy atom. The maximum absolute atomic E-state index is 10.7. The third-order valence-electron chi connectivity index (χ3n) is 1.89. The molecule has 0 aliphatic rings. The molecule has 2 nitrogen and oxygen atoms in total. The van der Waals surface area contributed by atoms with Crippen molar-refractivity contribution in [2.75, 3.05) is 0 Å². The van der Waals surface area contributed by atoms with Gasteiger partial charge >= 0.3 is 5.97 Å². The van der Waals surface area contributed by atoms with Gasteiger partial charge in [0.2, 0.25) is 0 Å². The summed E-state index contributed by atoms with van der Waals surface area (Å²) in [5, 5.41) is 9.77. The van der Waals surface area contributed by atoms with E-state index in [4.69, 9.17) is 5.11 Å². The number of carboxylic acids is 1. The molecule has 0 bridgehead atoms. The number of rotatable bonds is 1. The Morgan fingerprint density at radius 1 is 1.38 bits per heavy atom. The van der Waals surface area contributed by atoms with Crippen LogP contribution in [0.25, 0.3) is 10.1 Å². The van der Waals surface area contributed by atoms with Crippen molar-refractivity contribution in [3.63, 3.8) is 0 Å². The summed E-state index contributed by atoms with van der Waals surface area (Å²) in [6, 6.07) is 7.21. The molecule has 0 unspecified atom stereocenters. The van der Waals surface area contributed by atoms with Gasteiger partial charge in [-0.15, -0.1) is 11.3 Å². The first-order valence-corrected chi connectivity index (χ1v) is 4.72. The van der Waals surface area contributed by atoms with E-state index in [1.54, 1.807) is 23.5 Å². The molecule has 0 spiro atoms. The van der Waals surface area contributed by atoms with Crippen LogP contribution >= 0.6 is 11.3 Å². The van der Waals surface area contributed by atoms with Gasteiger partial charge in [0.15, 0.2) is 0 Å². The molecule has 1 aromatic heterocycles. The zero-order chi connectivity index (χ0) is 9.42. The summed E-state index contributed by atoms with van der Waals surface area (Å²) in [6.07, 6.45) is 0. The quantitative estimate of drug-likeness (QED) is 0.754. The summed E-state index contributed by atoms with van der Waals surface area (Å²) in [6.45, 7) is 2.02. The third-order valence-corrected chi connectivity index (χ3v) is 2.92. The number of aryl methyl sites for hydroxylation is 1. The lowest BCUT2D eigenvalue weighted by Crippen LogP contribution is -1.94. The molecule has 0 fully saturated rings. The van der Waals surface area contributed by atoms with Crippen molar-refractivity contribution in [1.29, 1.82) is 0 Å². The molecule has 0 radical (unpaired) electrons. The molecule has 66 valence electrons. The Morgan fingerprint density at radius 3 is 2.85 bits per heavy atom. The Hall–Kier alpha value is -1.35. The topological polar surface area (TPSA) is 37.3 Å². The molecule has 0 amide bonds. The third kappa shape index (κ3) is 1.42. The van der Waals surface area contributed by atoms with Crippen molar-refractivity contribution >= 4 is 27.4 Å². The lowest BCUT2D eigenvalue weighted by molar-refractivity contribution is 0.0697. The highest BCUT2D eigenvalue weighted by Gasteiger charge is 2.04. The zero-order valence-corrected chi connectivity index (χ0v) is 7.89. The highest BCUT2D eigenvalue weighted by Crippen LogP contribution is 2.25. The largest absolute Gasteiger partial charge is 0.478 e. The molecule has 2 aromatic rings. The number of fused-ring (bicyclic) bond motifs is 1. The molecule has 1 heterocycles. The van der Waals surface area contributed by atoms with Crippen molar-refractivity contribution < 1.29 is 9.90 Å². The van der Waals surface area contributed by atoms with Gasteiger partial charge in [-0.2, -0.15) is 0 Å². The van der Waals surface area contributed by atoms with Crippen LogP contribution in [0, 0.1) is 6.92 Å². The first-order valence-electron chi connectivity index (χ1n) is 3.90. The summed E-state index contributed by atoms with van der Waals surface area (Å²) < 4.78 is 1.14. The van der Waals surface area contributed by atoms with Gasteiger partial charge in [-0.05, 0) is 36.6 Å². The first kappa shape index (κ1) is 8.26. The van der Waals surface area contributed by atoms with Crippen LogP contribution in [0.3, 0.4) is 0 Å². The molecule has 0 aliphatic heterocycles. The van der Waals surface area contributed by atoms with Crippen LogP contribution in [0.15, 0.2) is 24.3 Å². The summed E-state index contributed by atoms with van der Waals surface area (Å²) in [7, 11) is 0. The minimum atomic E-state index is -0.870. The van der Waals surface area contributed by atoms with Crippen molar-refractivity contribution in [2.45, 2.75) is 6.92 Å². The molecule has 1 aromatic carbocycles. The number of hydrogen-bond donors (Lipinski definition) is 1. The van der Waals surface area contributed by atoms with Crippen molar-refractivity contribution in [1.82, 2.24) is 0 Å². The van der Waals surface area contributed by atoms with Crippen molar-refractivity contribution in [3.8, 4) is 0 Å². The van der Waals surface area contributed by atoms with E-state index in [9.17, 15) is 4.79 Å². The van der Waals surface area contributed by atoms with E-state index < -0.39 is 5.97 Å². The van der Waals surface area contributed by atoms with Crippen LogP contribution in [0.4, 0.5) is 0 Å². The summed E-state index contributed by atoms with van der Waals surface area (Å²) in [5.74, 6) is -0.870. The molecule has 1 N–H and O–H groups in total. The molecular weight excluding hydrogens is 184 g/mol. The monoisotopic (exact) mass is 192 g/mol. The lowest BCUT2D eigenvalue weighted by atomic mass is 10.2. The van der Waals surface area contributed by atoms with Gasteiger partial charge < -0.3 is 5.11 Å². The van der Waals surface area contributed by atoms with E-state index in [2.05, 4.69) is 0 Å². The van der Waals surface area contributed by atoms with Crippen molar-refractivity contribution in [3.05, 3.63) is 34.7 Å². The average molecular weight is 192 g/mol. The standard InChI is InChI=1S/C10H8O2S/c1-6-4-8-5-7(10(11)12)2-3-9(8)13-6/h2-5H,1H3,(H,11,12). The number of carboxylic acid groups (broad SMARTS) is 1. The van der Waals surface area contributed by atoms with E-state index in [1.807, 2.05) is 19.1 Å². The van der Waals surface area contributed by atoms with Gasteiger partial charge in [-0.1, -0.05) is 0 Å². The number of benzene rings is 1. The van der Waals surface area contributed by atoms with Crippen LogP contribution < -0.4 is 0 Å². The summed E-state index contributed by atoms with van der Waals surface area (Å²) >= 11 is 1.68. The van der Waals surface area contributed by atoms with E-state index in [0.717, 1.165) is 10.1 Å². The van der Waals surface area contributed by atoms with Crippen LogP contribution in [0.2, 0.25) is 0 Å². The second kappa shape index (κ2) is 2.85. The maximum atomic E-state index is 10.7. The number of hydrogen-bond acceptors (Lipinski definition) is 2. The van der Waals surface area contributed by atoms with E-state index in [-0.39, 0.29) is 0 Å². The van der Waals surface area contributed by atoms with Gasteiger partial charge in [-0.3, -0.25) is 0 Å². The van der Waals surface area contributed by atoms with Crippen molar-refractivity contribution in [2.24, 2.45) is 0 Å². The first-order chi connectivity index (χ1) is 6.16. The Bertz CT molecular complexity index is 471. The van der Waals surface area contributed by atoms with Gasteiger partial charge in [0.05, 0.1) is 5.56 Å². The number of aromatic carboxylic acids is 1. The Labute approximate surface area is 79.4 Å². The minimum absolute atomic E-state index is 0.352. The van der Waals surface area contributed by atoms with Crippen LogP contribution in [0.5, 0.6) is 0 Å². The molecule has 0 saturated carbocycles. The fourth-order valence-corrected chi connectivity index (χ4v) is 2.21. The fraction of sp³-hybridized carbons (Fsp3) is 0.100. The number of thiophene rings is 1. The Kier molecular flexibility index (Phi) is 1.81. The van der Waals surface area contributed by atoms with Gasteiger partial charge in [0.25, 0.3) is 0 Å². The smallest absolute Gasteiger partial charge is 0.335 e. The second-order valence-corrected chi connectivity index (χ2v) is 4.20. The highest BCUT2D eigenvalue weighted by molar-refractivity contribution is 7.19. The summed E-state index contributed by atoms with van der Waals surface area (Å²) in [4.78, 5) is 11.9. The van der Waals surface area contributed by atoms with Crippen LogP contribution in [-0.2, 0) is 0 Å². The Balaban J connectivity index is 2.67. The predicted molar refractivity (Wildman–Crippen MR) is 53.5 cm³/mol. The molecule has 0 atom stereocenters. The average Bonchev–Trinajstić information content (AvgIpc) is 2.42. The second-order valence-electron chi connectivity index (χ2n) is 2.91. The molecule has 0 aliphatic carbocycles. The fourth-order valence-electron chi connectivity index (χ4n) is 1.31. The molecule has 3 heteroatoms. The maximum Gasteiger partial charge on any atom is 0.335 e. The predicted octanol–water partition coefficient (Wildman–Crippen LogP) is 2.91. The zero-order valence-electron chi connectivity index (χ0n) is 7.07. The minimum Gasteiger partial charge on any atom is -0.478 e. The molecular formula is C10H8O2S. The molecule has 0 saturated heterocycles. The van der Waals surface area contributed by atoms with Gasteiger partial charge in [0, 0.05) is 9.58 Å².